The zero-order valence-electron chi connectivity index (χ0n) is 6.05. The summed E-state index contributed by atoms with van der Waals surface area (Å²) in [5.74, 6) is 0.580. The van der Waals surface area contributed by atoms with Gasteiger partial charge < -0.3 is 4.74 Å². The lowest BCUT2D eigenvalue weighted by atomic mass is 10.2. The van der Waals surface area contributed by atoms with Crippen LogP contribution in [0.5, 0.6) is 5.75 Å². The fourth-order valence-corrected chi connectivity index (χ4v) is 1.28. The monoisotopic (exact) mass is 293 g/mol. The van der Waals surface area contributed by atoms with Gasteiger partial charge in [0.15, 0.2) is 0 Å². The Bertz CT molecular complexity index is 321. The third kappa shape index (κ3) is 2.26. The van der Waals surface area contributed by atoms with E-state index in [9.17, 15) is 0 Å². The highest BCUT2D eigenvalue weighted by Crippen LogP contribution is 2.22. The Balaban J connectivity index is 3.05. The van der Waals surface area contributed by atoms with Crippen LogP contribution in [0.25, 0.3) is 0 Å². The van der Waals surface area contributed by atoms with Crippen molar-refractivity contribution in [1.29, 1.82) is 5.26 Å². The second kappa shape index (κ2) is 4.53. The summed E-state index contributed by atoms with van der Waals surface area (Å²) in [4.78, 5) is 0. The normalized spacial score (nSPS) is 9.08. The molecule has 0 aromatic heterocycles. The van der Waals surface area contributed by atoms with E-state index in [-0.39, 0.29) is 0 Å². The van der Waals surface area contributed by atoms with Gasteiger partial charge in [0, 0.05) is 5.02 Å². The molecule has 62 valence electrons. The molecular formula is C8H5ClINO. The van der Waals surface area contributed by atoms with E-state index in [2.05, 4.69) is 22.6 Å². The predicted molar refractivity (Wildman–Crippen MR) is 55.7 cm³/mol. The Morgan fingerprint density at radius 3 is 2.92 bits per heavy atom. The van der Waals surface area contributed by atoms with Gasteiger partial charge in [-0.1, -0.05) is 11.6 Å². The number of hydrogen-bond donors (Lipinski definition) is 0. The van der Waals surface area contributed by atoms with Crippen molar-refractivity contribution in [2.24, 2.45) is 0 Å². The van der Waals surface area contributed by atoms with Gasteiger partial charge in [-0.3, -0.25) is 0 Å². The Morgan fingerprint density at radius 1 is 1.58 bits per heavy atom. The molecule has 0 aliphatic carbocycles. The number of benzene rings is 1. The maximum Gasteiger partial charge on any atom is 0.139 e. The summed E-state index contributed by atoms with van der Waals surface area (Å²) < 4.78 is 5.71. The summed E-state index contributed by atoms with van der Waals surface area (Å²) in [7, 11) is 0. The molecule has 0 aliphatic rings. The summed E-state index contributed by atoms with van der Waals surface area (Å²) >= 11 is 7.76. The minimum atomic E-state index is 0.471. The van der Waals surface area contributed by atoms with Crippen LogP contribution < -0.4 is 4.74 Å². The van der Waals surface area contributed by atoms with Crippen molar-refractivity contribution in [2.45, 2.75) is 0 Å². The average molecular weight is 293 g/mol. The van der Waals surface area contributed by atoms with Crippen LogP contribution in [0.2, 0.25) is 5.02 Å². The van der Waals surface area contributed by atoms with Crippen molar-refractivity contribution in [3.8, 4) is 11.8 Å². The Kier molecular flexibility index (Phi) is 3.63. The van der Waals surface area contributed by atoms with Crippen LogP contribution >= 0.6 is 34.2 Å². The van der Waals surface area contributed by atoms with Gasteiger partial charge in [0.25, 0.3) is 0 Å². The van der Waals surface area contributed by atoms with Gasteiger partial charge in [-0.25, -0.2) is 0 Å². The number of nitrogens with zero attached hydrogens (tertiary/aromatic N) is 1. The Hall–Kier alpha value is -0.470. The van der Waals surface area contributed by atoms with Crippen LogP contribution in [0.15, 0.2) is 18.2 Å². The number of alkyl halides is 1. The standard InChI is InChI=1S/C8H5ClINO/c9-7-1-2-8(12-5-10)6(3-7)4-11/h1-3H,5H2. The lowest BCUT2D eigenvalue weighted by Crippen LogP contribution is -1.91. The molecule has 0 fully saturated rings. The van der Waals surface area contributed by atoms with E-state index in [1.54, 1.807) is 18.2 Å². The SMILES string of the molecule is N#Cc1cc(Cl)ccc1OCI. The molecule has 0 unspecified atom stereocenters. The van der Waals surface area contributed by atoms with E-state index in [0.717, 1.165) is 0 Å². The van der Waals surface area contributed by atoms with E-state index >= 15 is 0 Å². The van der Waals surface area contributed by atoms with Crippen molar-refractivity contribution in [3.05, 3.63) is 28.8 Å². The fourth-order valence-electron chi connectivity index (χ4n) is 0.774. The predicted octanol–water partition coefficient (Wildman–Crippen LogP) is 2.98. The molecule has 0 saturated carbocycles. The highest BCUT2D eigenvalue weighted by molar-refractivity contribution is 14.1. The van der Waals surface area contributed by atoms with E-state index in [0.29, 0.717) is 20.9 Å². The number of rotatable bonds is 2. The molecule has 0 radical (unpaired) electrons. The number of ether oxygens (including phenoxy) is 1. The molecule has 2 nitrogen and oxygen atoms in total. The van der Waals surface area contributed by atoms with Crippen LogP contribution in [0.3, 0.4) is 0 Å². The molecule has 0 N–H and O–H groups in total. The molecule has 0 saturated heterocycles. The maximum atomic E-state index is 8.68. The van der Waals surface area contributed by atoms with Gasteiger partial charge in [-0.05, 0) is 40.8 Å². The smallest absolute Gasteiger partial charge is 0.139 e. The first kappa shape index (κ1) is 9.62. The van der Waals surface area contributed by atoms with Gasteiger partial charge in [0.1, 0.15) is 16.4 Å². The lowest BCUT2D eigenvalue weighted by molar-refractivity contribution is 0.403. The third-order valence-corrected chi connectivity index (χ3v) is 1.82. The van der Waals surface area contributed by atoms with Crippen LogP contribution in [0.4, 0.5) is 0 Å². The molecule has 0 amide bonds. The highest BCUT2D eigenvalue weighted by atomic mass is 127. The molecule has 4 heteroatoms. The molecule has 0 spiro atoms. The maximum absolute atomic E-state index is 8.68. The molecule has 0 bridgehead atoms. The van der Waals surface area contributed by atoms with Crippen LogP contribution in [-0.2, 0) is 0 Å². The first-order valence-electron chi connectivity index (χ1n) is 3.16. The molecule has 1 aromatic carbocycles. The first-order valence-corrected chi connectivity index (χ1v) is 5.06. The summed E-state index contributed by atoms with van der Waals surface area (Å²) in [5, 5.41) is 9.23. The van der Waals surface area contributed by atoms with Crippen molar-refractivity contribution in [3.63, 3.8) is 0 Å². The lowest BCUT2D eigenvalue weighted by Gasteiger charge is -2.03. The minimum Gasteiger partial charge on any atom is -0.482 e. The van der Waals surface area contributed by atoms with Crippen molar-refractivity contribution >= 4 is 34.2 Å². The molecule has 0 atom stereocenters. The van der Waals surface area contributed by atoms with E-state index in [1.807, 2.05) is 6.07 Å². The molecule has 12 heavy (non-hydrogen) atoms. The second-order valence-corrected chi connectivity index (χ2v) is 3.06. The largest absolute Gasteiger partial charge is 0.482 e. The topological polar surface area (TPSA) is 33.0 Å². The van der Waals surface area contributed by atoms with Gasteiger partial charge in [0.2, 0.25) is 0 Å². The van der Waals surface area contributed by atoms with Crippen LogP contribution in [-0.4, -0.2) is 4.61 Å². The average Bonchev–Trinajstić information content (AvgIpc) is 2.08. The van der Waals surface area contributed by atoms with Gasteiger partial charge in [-0.15, -0.1) is 0 Å². The Labute approximate surface area is 89.2 Å². The Morgan fingerprint density at radius 2 is 2.33 bits per heavy atom. The molecule has 0 aliphatic heterocycles. The third-order valence-electron chi connectivity index (χ3n) is 1.27. The van der Waals surface area contributed by atoms with E-state index in [4.69, 9.17) is 21.6 Å². The number of halogens is 2. The van der Waals surface area contributed by atoms with Crippen molar-refractivity contribution < 1.29 is 4.74 Å². The van der Waals surface area contributed by atoms with Crippen molar-refractivity contribution in [2.75, 3.05) is 4.61 Å². The summed E-state index contributed by atoms with van der Waals surface area (Å²) in [6, 6.07) is 6.99. The first-order chi connectivity index (χ1) is 5.77. The van der Waals surface area contributed by atoms with Gasteiger partial charge in [-0.2, -0.15) is 5.26 Å². The molecule has 0 heterocycles. The summed E-state index contributed by atoms with van der Waals surface area (Å²) in [5.41, 5.74) is 0.471. The summed E-state index contributed by atoms with van der Waals surface area (Å²) in [6.45, 7) is 0. The van der Waals surface area contributed by atoms with E-state index in [1.165, 1.54) is 0 Å². The second-order valence-electron chi connectivity index (χ2n) is 2.01. The molecule has 1 rings (SSSR count). The highest BCUT2D eigenvalue weighted by Gasteiger charge is 2.02. The minimum absolute atomic E-state index is 0.471. The number of nitriles is 1. The molecule has 1 aromatic rings. The molecular weight excluding hydrogens is 288 g/mol. The van der Waals surface area contributed by atoms with Crippen LogP contribution in [0.1, 0.15) is 5.56 Å². The van der Waals surface area contributed by atoms with Gasteiger partial charge >= 0.3 is 0 Å². The van der Waals surface area contributed by atoms with Crippen LogP contribution in [0, 0.1) is 11.3 Å². The number of hydrogen-bond acceptors (Lipinski definition) is 2. The zero-order valence-corrected chi connectivity index (χ0v) is 8.96. The fraction of sp³-hybridized carbons (Fsp3) is 0.125. The quantitative estimate of drug-likeness (QED) is 0.620. The van der Waals surface area contributed by atoms with Crippen molar-refractivity contribution in [1.82, 2.24) is 0 Å². The zero-order chi connectivity index (χ0) is 8.97. The summed E-state index contributed by atoms with van der Waals surface area (Å²) in [6.07, 6.45) is 0. The van der Waals surface area contributed by atoms with E-state index < -0.39 is 0 Å². The van der Waals surface area contributed by atoms with Gasteiger partial charge in [0.05, 0.1) is 5.56 Å².